The molecule has 1 aromatic carbocycles. The van der Waals surface area contributed by atoms with E-state index >= 15 is 0 Å². The van der Waals surface area contributed by atoms with Crippen molar-refractivity contribution >= 4 is 17.3 Å². The molecule has 0 saturated carbocycles. The number of hydrogen-bond acceptors (Lipinski definition) is 6. The molecule has 0 aliphatic carbocycles. The van der Waals surface area contributed by atoms with Gasteiger partial charge in [0.1, 0.15) is 24.4 Å². The van der Waals surface area contributed by atoms with Gasteiger partial charge in [0.15, 0.2) is 6.29 Å². The van der Waals surface area contributed by atoms with Gasteiger partial charge in [-0.05, 0) is 24.3 Å². The molecule has 5 N–H and O–H groups in total. The first kappa shape index (κ1) is 14.5. The van der Waals surface area contributed by atoms with Crippen molar-refractivity contribution in [2.45, 2.75) is 30.6 Å². The molecule has 7 heteroatoms. The van der Waals surface area contributed by atoms with E-state index in [1.807, 2.05) is 0 Å². The monoisotopic (exact) mass is 289 g/mol. The van der Waals surface area contributed by atoms with Crippen LogP contribution in [0, 0.1) is 0 Å². The molecule has 0 amide bonds. The zero-order valence-electron chi connectivity index (χ0n) is 9.98. The van der Waals surface area contributed by atoms with Crippen molar-refractivity contribution < 1.29 is 25.2 Å². The van der Waals surface area contributed by atoms with E-state index in [0.29, 0.717) is 10.7 Å². The van der Waals surface area contributed by atoms with Gasteiger partial charge in [-0.3, -0.25) is 0 Å². The molecule has 6 nitrogen and oxygen atoms in total. The molecule has 5 atom stereocenters. The zero-order chi connectivity index (χ0) is 14.0. The molecule has 0 radical (unpaired) electrons. The SMILES string of the molecule is OC[C@H]1O[C@H](O)[C@H](Nc2ccc(Cl)cc2)[C@H](O)[C@@H]1O. The Bertz CT molecular complexity index is 415. The highest BCUT2D eigenvalue weighted by Crippen LogP contribution is 2.23. The van der Waals surface area contributed by atoms with Crippen LogP contribution in [0.1, 0.15) is 0 Å². The highest BCUT2D eigenvalue weighted by atomic mass is 35.5. The zero-order valence-corrected chi connectivity index (χ0v) is 10.7. The Hall–Kier alpha value is -0.890. The smallest absolute Gasteiger partial charge is 0.178 e. The number of hydrogen-bond donors (Lipinski definition) is 5. The van der Waals surface area contributed by atoms with Crippen LogP contribution in [0.2, 0.25) is 5.02 Å². The lowest BCUT2D eigenvalue weighted by atomic mass is 9.97. The first-order chi connectivity index (χ1) is 9.02. The molecule has 2 rings (SSSR count). The summed E-state index contributed by atoms with van der Waals surface area (Å²) in [4.78, 5) is 0. The van der Waals surface area contributed by atoms with Crippen LogP contribution in [0.5, 0.6) is 0 Å². The largest absolute Gasteiger partial charge is 0.394 e. The maximum atomic E-state index is 9.94. The number of aliphatic hydroxyl groups excluding tert-OH is 4. The van der Waals surface area contributed by atoms with E-state index in [1.54, 1.807) is 24.3 Å². The average molecular weight is 290 g/mol. The van der Waals surface area contributed by atoms with Crippen LogP contribution in [-0.4, -0.2) is 57.7 Å². The third-order valence-corrected chi connectivity index (χ3v) is 3.33. The number of ether oxygens (including phenoxy) is 1. The molecule has 106 valence electrons. The van der Waals surface area contributed by atoms with Crippen LogP contribution in [0.15, 0.2) is 24.3 Å². The van der Waals surface area contributed by atoms with E-state index in [2.05, 4.69) is 5.32 Å². The fraction of sp³-hybridized carbons (Fsp3) is 0.500. The van der Waals surface area contributed by atoms with E-state index in [9.17, 15) is 15.3 Å². The number of aliphatic hydroxyl groups is 4. The maximum absolute atomic E-state index is 9.94. The van der Waals surface area contributed by atoms with Gasteiger partial charge in [-0.1, -0.05) is 11.6 Å². The van der Waals surface area contributed by atoms with Crippen molar-refractivity contribution in [2.75, 3.05) is 11.9 Å². The second kappa shape index (κ2) is 6.04. The van der Waals surface area contributed by atoms with Crippen molar-refractivity contribution in [3.63, 3.8) is 0 Å². The lowest BCUT2D eigenvalue weighted by molar-refractivity contribution is -0.245. The molecule has 0 spiro atoms. The Morgan fingerprint density at radius 2 is 1.74 bits per heavy atom. The molecule has 0 bridgehead atoms. The number of nitrogens with one attached hydrogen (secondary N) is 1. The van der Waals surface area contributed by atoms with Crippen LogP contribution in [0.4, 0.5) is 5.69 Å². The minimum absolute atomic E-state index is 0.483. The second-order valence-corrected chi connectivity index (χ2v) is 4.84. The first-order valence-electron chi connectivity index (χ1n) is 5.85. The van der Waals surface area contributed by atoms with E-state index < -0.39 is 37.3 Å². The van der Waals surface area contributed by atoms with Crippen molar-refractivity contribution in [1.29, 1.82) is 0 Å². The predicted molar refractivity (Wildman–Crippen MR) is 68.8 cm³/mol. The van der Waals surface area contributed by atoms with E-state index in [0.717, 1.165) is 0 Å². The Morgan fingerprint density at radius 3 is 2.32 bits per heavy atom. The Kier molecular flexibility index (Phi) is 4.62. The predicted octanol–water partition coefficient (Wildman–Crippen LogP) is -0.448. The van der Waals surface area contributed by atoms with Crippen molar-refractivity contribution in [2.24, 2.45) is 0 Å². The van der Waals surface area contributed by atoms with E-state index in [-0.39, 0.29) is 0 Å². The first-order valence-corrected chi connectivity index (χ1v) is 6.23. The second-order valence-electron chi connectivity index (χ2n) is 4.41. The van der Waals surface area contributed by atoms with Crippen LogP contribution in [0.3, 0.4) is 0 Å². The standard InChI is InChI=1S/C12H16ClNO5/c13-6-1-3-7(4-2-6)14-9-11(17)10(16)8(5-15)19-12(9)18/h1-4,8-12,14-18H,5H2/t8-,9-,10-,11+,12+/m1/s1. The lowest BCUT2D eigenvalue weighted by Gasteiger charge is -2.40. The Balaban J connectivity index is 2.09. The average Bonchev–Trinajstić information content (AvgIpc) is 2.41. The third-order valence-electron chi connectivity index (χ3n) is 3.08. The molecule has 1 aliphatic rings. The third kappa shape index (κ3) is 3.17. The van der Waals surface area contributed by atoms with Gasteiger partial charge in [0.2, 0.25) is 0 Å². The summed E-state index contributed by atoms with van der Waals surface area (Å²) in [5.41, 5.74) is 0.616. The summed E-state index contributed by atoms with van der Waals surface area (Å²) in [6.45, 7) is -0.483. The summed E-state index contributed by atoms with van der Waals surface area (Å²) in [7, 11) is 0. The Labute approximate surface area is 115 Å². The molecular formula is C12H16ClNO5. The van der Waals surface area contributed by atoms with Gasteiger partial charge in [-0.2, -0.15) is 0 Å². The highest BCUT2D eigenvalue weighted by Gasteiger charge is 2.43. The maximum Gasteiger partial charge on any atom is 0.178 e. The van der Waals surface area contributed by atoms with Crippen molar-refractivity contribution in [1.82, 2.24) is 0 Å². The fourth-order valence-electron chi connectivity index (χ4n) is 1.99. The molecule has 1 fully saturated rings. The molecule has 19 heavy (non-hydrogen) atoms. The van der Waals surface area contributed by atoms with Crippen LogP contribution >= 0.6 is 11.6 Å². The van der Waals surface area contributed by atoms with Crippen LogP contribution in [0.25, 0.3) is 0 Å². The summed E-state index contributed by atoms with van der Waals surface area (Å²) in [6.07, 6.45) is -4.89. The summed E-state index contributed by atoms with van der Waals surface area (Å²) in [5.74, 6) is 0. The van der Waals surface area contributed by atoms with E-state index in [1.165, 1.54) is 0 Å². The topological polar surface area (TPSA) is 102 Å². The minimum Gasteiger partial charge on any atom is -0.394 e. The molecular weight excluding hydrogens is 274 g/mol. The summed E-state index contributed by atoms with van der Waals surface area (Å²) < 4.78 is 5.03. The summed E-state index contributed by atoms with van der Waals surface area (Å²) in [5, 5.41) is 41.8. The molecule has 0 aromatic heterocycles. The number of anilines is 1. The van der Waals surface area contributed by atoms with Gasteiger partial charge in [-0.25, -0.2) is 0 Å². The summed E-state index contributed by atoms with van der Waals surface area (Å²) >= 11 is 5.75. The lowest BCUT2D eigenvalue weighted by Crippen LogP contribution is -2.61. The highest BCUT2D eigenvalue weighted by molar-refractivity contribution is 6.30. The van der Waals surface area contributed by atoms with Gasteiger partial charge in [-0.15, -0.1) is 0 Å². The van der Waals surface area contributed by atoms with Gasteiger partial charge in [0.05, 0.1) is 6.61 Å². The van der Waals surface area contributed by atoms with Crippen LogP contribution in [-0.2, 0) is 4.74 Å². The van der Waals surface area contributed by atoms with Gasteiger partial charge >= 0.3 is 0 Å². The minimum atomic E-state index is -1.34. The van der Waals surface area contributed by atoms with Crippen LogP contribution < -0.4 is 5.32 Å². The van der Waals surface area contributed by atoms with Crippen molar-refractivity contribution in [3.05, 3.63) is 29.3 Å². The van der Waals surface area contributed by atoms with Crippen molar-refractivity contribution in [3.8, 4) is 0 Å². The number of benzene rings is 1. The molecule has 1 saturated heterocycles. The van der Waals surface area contributed by atoms with E-state index in [4.69, 9.17) is 21.4 Å². The van der Waals surface area contributed by atoms with Gasteiger partial charge in [0, 0.05) is 10.7 Å². The molecule has 1 aliphatic heterocycles. The molecule has 0 unspecified atom stereocenters. The number of halogens is 1. The van der Waals surface area contributed by atoms with Gasteiger partial charge < -0.3 is 30.5 Å². The molecule has 1 aromatic rings. The quantitative estimate of drug-likeness (QED) is 0.517. The van der Waals surface area contributed by atoms with Gasteiger partial charge in [0.25, 0.3) is 0 Å². The summed E-state index contributed by atoms with van der Waals surface area (Å²) in [6, 6.07) is 5.75. The molecule has 1 heterocycles. The Morgan fingerprint density at radius 1 is 1.11 bits per heavy atom. The fourth-order valence-corrected chi connectivity index (χ4v) is 2.12. The normalized spacial score (nSPS) is 35.1. The number of rotatable bonds is 3.